The summed E-state index contributed by atoms with van der Waals surface area (Å²) < 4.78 is 5.84. The molecule has 0 aromatic heterocycles. The van der Waals surface area contributed by atoms with Crippen LogP contribution in [-0.4, -0.2) is 17.1 Å². The van der Waals surface area contributed by atoms with Crippen molar-refractivity contribution in [1.29, 1.82) is 0 Å². The van der Waals surface area contributed by atoms with E-state index >= 15 is 0 Å². The van der Waals surface area contributed by atoms with Crippen LogP contribution in [0.15, 0.2) is 84.9 Å². The lowest BCUT2D eigenvalue weighted by Crippen LogP contribution is -2.34. The number of hydrogen-bond donors (Lipinski definition) is 0. The summed E-state index contributed by atoms with van der Waals surface area (Å²) in [4.78, 5) is 0. The van der Waals surface area contributed by atoms with Gasteiger partial charge in [0.05, 0.1) is 12.0 Å². The van der Waals surface area contributed by atoms with Gasteiger partial charge in [-0.15, -0.1) is 0 Å². The molecule has 0 aliphatic rings. The predicted octanol–water partition coefficient (Wildman–Crippen LogP) is 3.63. The summed E-state index contributed by atoms with van der Waals surface area (Å²) in [5, 5.41) is 0. The highest BCUT2D eigenvalue weighted by atomic mass is 28.2. The van der Waals surface area contributed by atoms with Crippen molar-refractivity contribution in [3.63, 3.8) is 0 Å². The van der Waals surface area contributed by atoms with E-state index in [1.165, 1.54) is 22.3 Å². The van der Waals surface area contributed by atoms with Crippen molar-refractivity contribution in [3.05, 3.63) is 107 Å². The first-order valence-electron chi connectivity index (χ1n) is 7.94. The van der Waals surface area contributed by atoms with Crippen LogP contribution in [0.4, 0.5) is 0 Å². The molecule has 0 spiro atoms. The Morgan fingerprint density at radius 2 is 1.13 bits per heavy atom. The molecule has 23 heavy (non-hydrogen) atoms. The fourth-order valence-corrected chi connectivity index (χ4v) is 3.68. The third-order valence-corrected chi connectivity index (χ3v) is 4.73. The lowest BCUT2D eigenvalue weighted by molar-refractivity contribution is 0.289. The van der Waals surface area contributed by atoms with Crippen LogP contribution in [0.1, 0.15) is 22.3 Å². The Kier molecular flexibility index (Phi) is 4.75. The van der Waals surface area contributed by atoms with E-state index in [1.54, 1.807) is 0 Å². The summed E-state index contributed by atoms with van der Waals surface area (Å²) in [6, 6.07) is 30.2. The first kappa shape index (κ1) is 15.7. The molecule has 0 heterocycles. The topological polar surface area (TPSA) is 9.23 Å². The normalized spacial score (nSPS) is 11.5. The van der Waals surface area contributed by atoms with Crippen LogP contribution in [0.3, 0.4) is 0 Å². The third-order valence-electron chi connectivity index (χ3n) is 4.44. The van der Waals surface area contributed by atoms with Crippen molar-refractivity contribution in [3.8, 4) is 0 Å². The molecule has 2 heteroatoms. The van der Waals surface area contributed by atoms with E-state index in [1.807, 2.05) is 0 Å². The predicted molar refractivity (Wildman–Crippen MR) is 99.8 cm³/mol. The Morgan fingerprint density at radius 3 is 1.57 bits per heavy atom. The molecular formula is C21H22OSi. The molecule has 0 N–H and O–H groups in total. The van der Waals surface area contributed by atoms with Gasteiger partial charge in [-0.3, -0.25) is 0 Å². The van der Waals surface area contributed by atoms with E-state index < -0.39 is 0 Å². The fraction of sp³-hybridized carbons (Fsp3) is 0.143. The fourth-order valence-electron chi connectivity index (χ4n) is 3.25. The standard InChI is InChI=1S/C21H22OSi/c1-17-12-14-20(15-13-17)21(16-22-23,18-8-4-2-5-9-18)19-10-6-3-7-11-19/h2-15H,16H2,1,23H3. The number of hydrogen-bond acceptors (Lipinski definition) is 1. The van der Waals surface area contributed by atoms with Gasteiger partial charge in [-0.2, -0.15) is 0 Å². The van der Waals surface area contributed by atoms with Gasteiger partial charge >= 0.3 is 0 Å². The highest BCUT2D eigenvalue weighted by Crippen LogP contribution is 2.39. The average molecular weight is 318 g/mol. The summed E-state index contributed by atoms with van der Waals surface area (Å²) in [5.74, 6) is 0. The van der Waals surface area contributed by atoms with Gasteiger partial charge in [-0.05, 0) is 23.6 Å². The van der Waals surface area contributed by atoms with Crippen LogP contribution in [0.2, 0.25) is 0 Å². The van der Waals surface area contributed by atoms with Crippen LogP contribution >= 0.6 is 0 Å². The van der Waals surface area contributed by atoms with Gasteiger partial charge in [0.25, 0.3) is 0 Å². The minimum Gasteiger partial charge on any atom is -0.426 e. The monoisotopic (exact) mass is 318 g/mol. The smallest absolute Gasteiger partial charge is 0.146 e. The van der Waals surface area contributed by atoms with Crippen molar-refractivity contribution in [2.75, 3.05) is 6.61 Å². The van der Waals surface area contributed by atoms with Crippen LogP contribution in [0.5, 0.6) is 0 Å². The quantitative estimate of drug-likeness (QED) is 0.516. The van der Waals surface area contributed by atoms with Gasteiger partial charge in [-0.25, -0.2) is 0 Å². The van der Waals surface area contributed by atoms with Crippen LogP contribution in [0, 0.1) is 6.92 Å². The van der Waals surface area contributed by atoms with E-state index in [2.05, 4.69) is 91.9 Å². The molecule has 0 amide bonds. The number of rotatable bonds is 5. The van der Waals surface area contributed by atoms with Crippen LogP contribution in [0.25, 0.3) is 0 Å². The van der Waals surface area contributed by atoms with Gasteiger partial charge in [0.2, 0.25) is 0 Å². The molecule has 0 aliphatic heterocycles. The second-order valence-corrected chi connectivity index (χ2v) is 6.51. The highest BCUT2D eigenvalue weighted by Gasteiger charge is 2.36. The van der Waals surface area contributed by atoms with Gasteiger partial charge in [0, 0.05) is 0 Å². The molecule has 1 nitrogen and oxygen atoms in total. The van der Waals surface area contributed by atoms with Gasteiger partial charge in [0.1, 0.15) is 10.5 Å². The molecule has 0 aliphatic carbocycles. The summed E-state index contributed by atoms with van der Waals surface area (Å²) in [5.41, 5.74) is 4.82. The van der Waals surface area contributed by atoms with E-state index in [0.717, 1.165) is 10.5 Å². The van der Waals surface area contributed by atoms with E-state index in [4.69, 9.17) is 4.43 Å². The summed E-state index contributed by atoms with van der Waals surface area (Å²) in [6.45, 7) is 2.79. The van der Waals surface area contributed by atoms with Gasteiger partial charge < -0.3 is 4.43 Å². The summed E-state index contributed by atoms with van der Waals surface area (Å²) in [6.07, 6.45) is 0. The Hall–Kier alpha value is -2.16. The zero-order valence-corrected chi connectivity index (χ0v) is 15.7. The first-order chi connectivity index (χ1) is 11.3. The molecule has 116 valence electrons. The Balaban J connectivity index is 2.28. The zero-order valence-electron chi connectivity index (χ0n) is 13.7. The molecule has 3 aromatic rings. The van der Waals surface area contributed by atoms with Gasteiger partial charge in [-0.1, -0.05) is 90.5 Å². The first-order valence-corrected chi connectivity index (χ1v) is 8.76. The second-order valence-electron chi connectivity index (χ2n) is 5.94. The molecule has 0 bridgehead atoms. The van der Waals surface area contributed by atoms with Crippen LogP contribution in [-0.2, 0) is 9.84 Å². The van der Waals surface area contributed by atoms with Crippen molar-refractivity contribution >= 4 is 10.5 Å². The zero-order chi connectivity index (χ0) is 16.1. The molecule has 0 fully saturated rings. The van der Waals surface area contributed by atoms with E-state index in [0.29, 0.717) is 6.61 Å². The molecular weight excluding hydrogens is 296 g/mol. The molecule has 3 aromatic carbocycles. The van der Waals surface area contributed by atoms with Crippen molar-refractivity contribution in [1.82, 2.24) is 0 Å². The van der Waals surface area contributed by atoms with E-state index in [9.17, 15) is 0 Å². The lowest BCUT2D eigenvalue weighted by Gasteiger charge is -2.35. The summed E-state index contributed by atoms with van der Waals surface area (Å²) in [7, 11) is 0.722. The Bertz CT molecular complexity index is 696. The highest BCUT2D eigenvalue weighted by molar-refractivity contribution is 5.98. The molecule has 0 radical (unpaired) electrons. The molecule has 0 saturated heterocycles. The molecule has 3 rings (SSSR count). The van der Waals surface area contributed by atoms with Crippen molar-refractivity contribution in [2.45, 2.75) is 12.3 Å². The van der Waals surface area contributed by atoms with Crippen molar-refractivity contribution in [2.24, 2.45) is 0 Å². The average Bonchev–Trinajstić information content (AvgIpc) is 2.62. The van der Waals surface area contributed by atoms with Gasteiger partial charge in [0.15, 0.2) is 0 Å². The van der Waals surface area contributed by atoms with Crippen LogP contribution < -0.4 is 0 Å². The largest absolute Gasteiger partial charge is 0.426 e. The van der Waals surface area contributed by atoms with E-state index in [-0.39, 0.29) is 5.41 Å². The molecule has 0 atom stereocenters. The maximum atomic E-state index is 5.84. The summed E-state index contributed by atoms with van der Waals surface area (Å²) >= 11 is 0. The maximum absolute atomic E-state index is 5.84. The Labute approximate surface area is 141 Å². The number of benzene rings is 3. The number of aryl methyl sites for hydroxylation is 1. The minimum absolute atomic E-state index is 0.266. The third kappa shape index (κ3) is 3.00. The van der Waals surface area contributed by atoms with Crippen molar-refractivity contribution < 1.29 is 4.43 Å². The molecule has 0 unspecified atom stereocenters. The SMILES string of the molecule is Cc1ccc(C(CO[SiH3])(c2ccccc2)c2ccccc2)cc1. The Morgan fingerprint density at radius 1 is 0.696 bits per heavy atom. The molecule has 0 saturated carbocycles. The maximum Gasteiger partial charge on any atom is 0.146 e. The second kappa shape index (κ2) is 6.94. The lowest BCUT2D eigenvalue weighted by atomic mass is 9.70. The minimum atomic E-state index is -0.266.